The van der Waals surface area contributed by atoms with Gasteiger partial charge >= 0.3 is 0 Å². The van der Waals surface area contributed by atoms with Crippen LogP contribution in [0.3, 0.4) is 0 Å². The van der Waals surface area contributed by atoms with Crippen molar-refractivity contribution in [3.8, 4) is 0 Å². The van der Waals surface area contributed by atoms with Crippen molar-refractivity contribution < 1.29 is 8.78 Å². The van der Waals surface area contributed by atoms with Gasteiger partial charge in [-0.15, -0.1) is 0 Å². The first-order chi connectivity index (χ1) is 14.9. The van der Waals surface area contributed by atoms with Crippen molar-refractivity contribution in [1.82, 2.24) is 15.5 Å². The summed E-state index contributed by atoms with van der Waals surface area (Å²) in [5.74, 6) is 0.795. The summed E-state index contributed by atoms with van der Waals surface area (Å²) in [6.45, 7) is 11.0. The molecule has 0 spiro atoms. The van der Waals surface area contributed by atoms with Gasteiger partial charge in [-0.25, -0.2) is 8.78 Å². The van der Waals surface area contributed by atoms with E-state index in [1.54, 1.807) is 6.07 Å². The predicted molar refractivity (Wildman–Crippen MR) is 124 cm³/mol. The molecule has 1 aromatic rings. The van der Waals surface area contributed by atoms with Crippen LogP contribution in [0.1, 0.15) is 58.9 Å². The minimum atomic E-state index is -0.523. The molecule has 1 aliphatic heterocycles. The van der Waals surface area contributed by atoms with Crippen LogP contribution in [-0.4, -0.2) is 30.1 Å². The maximum Gasteiger partial charge on any atom is 0.129 e. The van der Waals surface area contributed by atoms with Gasteiger partial charge in [0.2, 0.25) is 0 Å². The number of dihydropyridines is 1. The van der Waals surface area contributed by atoms with E-state index >= 15 is 0 Å². The average Bonchev–Trinajstić information content (AvgIpc) is 2.75. The van der Waals surface area contributed by atoms with E-state index in [9.17, 15) is 8.78 Å². The number of allylic oxidation sites excluding steroid dienone is 2. The summed E-state index contributed by atoms with van der Waals surface area (Å²) in [7, 11) is 0. The van der Waals surface area contributed by atoms with Crippen LogP contribution in [0.15, 0.2) is 53.5 Å². The zero-order valence-electron chi connectivity index (χ0n) is 19.3. The van der Waals surface area contributed by atoms with Crippen molar-refractivity contribution in [3.05, 3.63) is 70.7 Å². The van der Waals surface area contributed by atoms with Crippen LogP contribution in [0.4, 0.5) is 8.78 Å². The average molecular weight is 430 g/mol. The molecule has 31 heavy (non-hydrogen) atoms. The molecule has 0 saturated heterocycles. The van der Waals surface area contributed by atoms with Crippen molar-refractivity contribution >= 4 is 0 Å². The SMILES string of the molecule is CCCN(C1=C(NC2CC=C(Cc3ccc(F)cc3F)CC2)C=CCN1)C(C)C(C)C. The molecule has 0 aromatic heterocycles. The number of nitrogens with one attached hydrogen (secondary N) is 2. The standard InChI is InChI=1S/C26H37F2N3/c1-5-15-31(19(4)18(2)3)26-25(7-6-14-29-26)30-23-12-8-20(9-13-23)16-21-10-11-22(27)17-24(21)28/h6-8,10-11,17-19,23,29-30H,5,9,12-16H2,1-4H3. The van der Waals surface area contributed by atoms with E-state index < -0.39 is 11.6 Å². The molecule has 2 atom stereocenters. The summed E-state index contributed by atoms with van der Waals surface area (Å²) in [6, 6.07) is 4.68. The van der Waals surface area contributed by atoms with Gasteiger partial charge in [-0.05, 0) is 62.7 Å². The summed E-state index contributed by atoms with van der Waals surface area (Å²) in [6.07, 6.45) is 11.1. The summed E-state index contributed by atoms with van der Waals surface area (Å²) >= 11 is 0. The molecule has 0 fully saturated rings. The maximum atomic E-state index is 14.0. The molecule has 3 nitrogen and oxygen atoms in total. The van der Waals surface area contributed by atoms with Crippen LogP contribution < -0.4 is 10.6 Å². The first kappa shape index (κ1) is 23.4. The Hall–Kier alpha value is -2.30. The predicted octanol–water partition coefficient (Wildman–Crippen LogP) is 5.66. The van der Waals surface area contributed by atoms with E-state index in [4.69, 9.17) is 0 Å². The zero-order chi connectivity index (χ0) is 22.4. The van der Waals surface area contributed by atoms with Crippen LogP contribution in [0.25, 0.3) is 0 Å². The van der Waals surface area contributed by atoms with Gasteiger partial charge in [0.15, 0.2) is 0 Å². The molecule has 0 radical (unpaired) electrons. The molecule has 170 valence electrons. The highest BCUT2D eigenvalue weighted by Crippen LogP contribution is 2.25. The normalized spacial score (nSPS) is 19.8. The summed E-state index contributed by atoms with van der Waals surface area (Å²) in [5.41, 5.74) is 2.97. The second kappa shape index (κ2) is 10.8. The highest BCUT2D eigenvalue weighted by atomic mass is 19.1. The number of hydrogen-bond donors (Lipinski definition) is 2. The topological polar surface area (TPSA) is 27.3 Å². The van der Waals surface area contributed by atoms with Crippen molar-refractivity contribution in [1.29, 1.82) is 0 Å². The molecule has 3 rings (SSSR count). The minimum Gasteiger partial charge on any atom is -0.379 e. The van der Waals surface area contributed by atoms with E-state index in [0.29, 0.717) is 30.0 Å². The fourth-order valence-electron chi connectivity index (χ4n) is 4.31. The van der Waals surface area contributed by atoms with Crippen molar-refractivity contribution in [2.45, 2.75) is 71.9 Å². The lowest BCUT2D eigenvalue weighted by molar-refractivity contribution is 0.200. The van der Waals surface area contributed by atoms with Crippen molar-refractivity contribution in [2.75, 3.05) is 13.1 Å². The van der Waals surface area contributed by atoms with Crippen LogP contribution in [0.5, 0.6) is 0 Å². The first-order valence-corrected chi connectivity index (χ1v) is 11.7. The highest BCUT2D eigenvalue weighted by Gasteiger charge is 2.24. The quantitative estimate of drug-likeness (QED) is 0.496. The lowest BCUT2D eigenvalue weighted by atomic mass is 9.90. The number of benzene rings is 1. The fraction of sp³-hybridized carbons (Fsp3) is 0.538. The highest BCUT2D eigenvalue weighted by molar-refractivity contribution is 5.29. The molecule has 0 bridgehead atoms. The second-order valence-corrected chi connectivity index (χ2v) is 9.11. The monoisotopic (exact) mass is 429 g/mol. The Morgan fingerprint density at radius 1 is 1.23 bits per heavy atom. The van der Waals surface area contributed by atoms with E-state index in [1.165, 1.54) is 23.2 Å². The molecule has 0 saturated carbocycles. The van der Waals surface area contributed by atoms with Gasteiger partial charge in [-0.2, -0.15) is 0 Å². The third kappa shape index (κ3) is 6.11. The lowest BCUT2D eigenvalue weighted by Gasteiger charge is -2.38. The molecule has 1 heterocycles. The van der Waals surface area contributed by atoms with Gasteiger partial charge in [-0.1, -0.05) is 44.6 Å². The molecule has 1 aliphatic carbocycles. The van der Waals surface area contributed by atoms with Crippen LogP contribution in [0, 0.1) is 17.6 Å². The lowest BCUT2D eigenvalue weighted by Crippen LogP contribution is -2.45. The summed E-state index contributed by atoms with van der Waals surface area (Å²) in [5, 5.41) is 7.36. The van der Waals surface area contributed by atoms with Gasteiger partial charge < -0.3 is 15.5 Å². The maximum absolute atomic E-state index is 14.0. The first-order valence-electron chi connectivity index (χ1n) is 11.7. The molecular weight excluding hydrogens is 392 g/mol. The second-order valence-electron chi connectivity index (χ2n) is 9.11. The molecule has 1 aromatic carbocycles. The van der Waals surface area contributed by atoms with E-state index in [-0.39, 0.29) is 0 Å². The Labute approximate surface area is 186 Å². The van der Waals surface area contributed by atoms with E-state index in [0.717, 1.165) is 44.8 Å². The van der Waals surface area contributed by atoms with Crippen LogP contribution >= 0.6 is 0 Å². The Kier molecular flexibility index (Phi) is 8.16. The Balaban J connectivity index is 1.68. The van der Waals surface area contributed by atoms with Crippen LogP contribution in [-0.2, 0) is 6.42 Å². The molecule has 2 N–H and O–H groups in total. The van der Waals surface area contributed by atoms with Gasteiger partial charge in [0.25, 0.3) is 0 Å². The van der Waals surface area contributed by atoms with Crippen LogP contribution in [0.2, 0.25) is 0 Å². The van der Waals surface area contributed by atoms with Gasteiger partial charge in [0.1, 0.15) is 17.5 Å². The third-order valence-corrected chi connectivity index (χ3v) is 6.43. The van der Waals surface area contributed by atoms with E-state index in [1.807, 2.05) is 0 Å². The fourth-order valence-corrected chi connectivity index (χ4v) is 4.31. The van der Waals surface area contributed by atoms with Crippen molar-refractivity contribution in [2.24, 2.45) is 5.92 Å². The number of nitrogens with zero attached hydrogens (tertiary/aromatic N) is 1. The summed E-state index contributed by atoms with van der Waals surface area (Å²) < 4.78 is 27.1. The van der Waals surface area contributed by atoms with Gasteiger partial charge in [0, 0.05) is 31.2 Å². The van der Waals surface area contributed by atoms with Gasteiger partial charge in [0.05, 0.1) is 5.70 Å². The smallest absolute Gasteiger partial charge is 0.129 e. The number of hydrogen-bond acceptors (Lipinski definition) is 3. The molecule has 2 aliphatic rings. The Morgan fingerprint density at radius 2 is 2.03 bits per heavy atom. The molecule has 2 unspecified atom stereocenters. The number of halogens is 2. The van der Waals surface area contributed by atoms with Gasteiger partial charge in [-0.3, -0.25) is 0 Å². The van der Waals surface area contributed by atoms with E-state index in [2.05, 4.69) is 61.5 Å². The van der Waals surface area contributed by atoms with Crippen molar-refractivity contribution in [3.63, 3.8) is 0 Å². The number of rotatable bonds is 9. The largest absolute Gasteiger partial charge is 0.379 e. The third-order valence-electron chi connectivity index (χ3n) is 6.43. The molecule has 0 amide bonds. The minimum absolute atomic E-state index is 0.356. The molecule has 5 heteroatoms. The molecular formula is C26H37F2N3. The zero-order valence-corrected chi connectivity index (χ0v) is 19.3. The Morgan fingerprint density at radius 3 is 2.68 bits per heavy atom. The summed E-state index contributed by atoms with van der Waals surface area (Å²) in [4.78, 5) is 2.50. The Bertz CT molecular complexity index is 841.